The van der Waals surface area contributed by atoms with Gasteiger partial charge in [-0.25, -0.2) is 8.42 Å². The Bertz CT molecular complexity index is 425. The third-order valence-corrected chi connectivity index (χ3v) is 3.76. The fraction of sp³-hybridized carbons (Fsp3) is 0.300. The first kappa shape index (κ1) is 11.7. The fourth-order valence-electron chi connectivity index (χ4n) is 1.18. The number of amides is 1. The van der Waals surface area contributed by atoms with E-state index in [4.69, 9.17) is 5.73 Å². The molecule has 15 heavy (non-hydrogen) atoms. The number of primary amides is 1. The summed E-state index contributed by atoms with van der Waals surface area (Å²) in [6.07, 6.45) is 0.374. The zero-order valence-corrected chi connectivity index (χ0v) is 9.03. The molecule has 1 amide bonds. The quantitative estimate of drug-likeness (QED) is 0.805. The van der Waals surface area contributed by atoms with Gasteiger partial charge in [0.15, 0.2) is 9.84 Å². The first-order valence-corrected chi connectivity index (χ1v) is 6.24. The molecule has 4 nitrogen and oxygen atoms in total. The lowest BCUT2D eigenvalue weighted by atomic mass is 10.3. The van der Waals surface area contributed by atoms with Crippen LogP contribution in [0.1, 0.15) is 12.8 Å². The third-order valence-electron chi connectivity index (χ3n) is 1.94. The van der Waals surface area contributed by atoms with Gasteiger partial charge in [-0.3, -0.25) is 4.79 Å². The monoisotopic (exact) mass is 227 g/mol. The average Bonchev–Trinajstić information content (AvgIpc) is 2.18. The number of sulfone groups is 1. The topological polar surface area (TPSA) is 77.2 Å². The van der Waals surface area contributed by atoms with E-state index in [1.807, 2.05) is 0 Å². The molecule has 0 unspecified atom stereocenters. The Balaban J connectivity index is 2.65. The number of rotatable bonds is 5. The predicted octanol–water partition coefficient (Wildman–Crippen LogP) is 0.726. The number of benzene rings is 1. The van der Waals surface area contributed by atoms with Crippen molar-refractivity contribution in [2.45, 2.75) is 17.7 Å². The predicted molar refractivity (Wildman–Crippen MR) is 56.9 cm³/mol. The van der Waals surface area contributed by atoms with Crippen molar-refractivity contribution in [2.75, 3.05) is 5.75 Å². The normalized spacial score (nSPS) is 11.2. The largest absolute Gasteiger partial charge is 0.370 e. The van der Waals surface area contributed by atoms with Gasteiger partial charge < -0.3 is 5.73 Å². The standard InChI is InChI=1S/C10H13NO3S/c11-10(12)7-4-8-15(13,14)9-5-2-1-3-6-9/h1-3,5-6H,4,7-8H2,(H2,11,12). The van der Waals surface area contributed by atoms with Gasteiger partial charge in [-0.1, -0.05) is 18.2 Å². The van der Waals surface area contributed by atoms with Gasteiger partial charge in [0.1, 0.15) is 0 Å². The van der Waals surface area contributed by atoms with Crippen LogP contribution in [-0.4, -0.2) is 20.1 Å². The van der Waals surface area contributed by atoms with Crippen molar-refractivity contribution in [3.63, 3.8) is 0 Å². The summed E-state index contributed by atoms with van der Waals surface area (Å²) in [5.74, 6) is -0.516. The second kappa shape index (κ2) is 4.93. The molecular formula is C10H13NO3S. The van der Waals surface area contributed by atoms with Crippen LogP contribution in [0.5, 0.6) is 0 Å². The van der Waals surface area contributed by atoms with Crippen LogP contribution in [0.2, 0.25) is 0 Å². The summed E-state index contributed by atoms with van der Waals surface area (Å²) in [6, 6.07) is 8.17. The van der Waals surface area contributed by atoms with Gasteiger partial charge >= 0.3 is 0 Å². The molecule has 0 atom stereocenters. The van der Waals surface area contributed by atoms with E-state index >= 15 is 0 Å². The summed E-state index contributed by atoms with van der Waals surface area (Å²) < 4.78 is 23.3. The Morgan fingerprint density at radius 3 is 2.33 bits per heavy atom. The minimum absolute atomic E-state index is 0.0417. The van der Waals surface area contributed by atoms with Gasteiger partial charge in [0.25, 0.3) is 0 Å². The SMILES string of the molecule is NC(=O)CCCS(=O)(=O)c1ccccc1. The minimum Gasteiger partial charge on any atom is -0.370 e. The fourth-order valence-corrected chi connectivity index (χ4v) is 2.51. The van der Waals surface area contributed by atoms with Crippen molar-refractivity contribution in [3.05, 3.63) is 30.3 Å². The van der Waals surface area contributed by atoms with Crippen LogP contribution in [0, 0.1) is 0 Å². The highest BCUT2D eigenvalue weighted by atomic mass is 32.2. The van der Waals surface area contributed by atoms with Gasteiger partial charge in [0.2, 0.25) is 5.91 Å². The first-order chi connectivity index (χ1) is 7.02. The molecule has 0 aromatic heterocycles. The lowest BCUT2D eigenvalue weighted by molar-refractivity contribution is -0.118. The number of nitrogens with two attached hydrogens (primary N) is 1. The summed E-state index contributed by atoms with van der Waals surface area (Å²) in [7, 11) is -3.26. The molecule has 82 valence electrons. The first-order valence-electron chi connectivity index (χ1n) is 4.58. The molecule has 0 saturated heterocycles. The lowest BCUT2D eigenvalue weighted by Crippen LogP contribution is -2.13. The Labute approximate surface area is 89.0 Å². The van der Waals surface area contributed by atoms with Crippen molar-refractivity contribution < 1.29 is 13.2 Å². The molecule has 2 N–H and O–H groups in total. The van der Waals surface area contributed by atoms with E-state index in [0.29, 0.717) is 0 Å². The molecule has 1 aromatic carbocycles. The van der Waals surface area contributed by atoms with Gasteiger partial charge in [0.05, 0.1) is 10.6 Å². The molecule has 0 heterocycles. The number of hydrogen-bond acceptors (Lipinski definition) is 3. The Kier molecular flexibility index (Phi) is 3.85. The van der Waals surface area contributed by atoms with E-state index in [2.05, 4.69) is 0 Å². The molecule has 0 aliphatic rings. The molecule has 0 radical (unpaired) electrons. The van der Waals surface area contributed by atoms with Gasteiger partial charge in [-0.15, -0.1) is 0 Å². The van der Waals surface area contributed by atoms with E-state index in [-0.39, 0.29) is 23.5 Å². The van der Waals surface area contributed by atoms with E-state index in [1.54, 1.807) is 30.3 Å². The summed E-state index contributed by atoms with van der Waals surface area (Å²) in [5.41, 5.74) is 4.93. The number of hydrogen-bond donors (Lipinski definition) is 1. The Hall–Kier alpha value is -1.36. The van der Waals surface area contributed by atoms with Crippen LogP contribution in [0.3, 0.4) is 0 Å². The van der Waals surface area contributed by atoms with Crippen LogP contribution < -0.4 is 5.73 Å². The smallest absolute Gasteiger partial charge is 0.217 e. The molecular weight excluding hydrogens is 214 g/mol. The molecule has 1 rings (SSSR count). The summed E-state index contributed by atoms with van der Waals surface area (Å²) in [4.78, 5) is 10.7. The molecule has 5 heteroatoms. The third kappa shape index (κ3) is 3.71. The molecule has 0 fully saturated rings. The minimum atomic E-state index is -3.26. The Morgan fingerprint density at radius 1 is 1.20 bits per heavy atom. The van der Waals surface area contributed by atoms with Crippen molar-refractivity contribution in [3.8, 4) is 0 Å². The van der Waals surface area contributed by atoms with Crippen molar-refractivity contribution in [1.82, 2.24) is 0 Å². The van der Waals surface area contributed by atoms with Crippen LogP contribution in [0.4, 0.5) is 0 Å². The molecule has 0 aliphatic heterocycles. The van der Waals surface area contributed by atoms with E-state index in [1.165, 1.54) is 0 Å². The number of carbonyl (C=O) groups excluding carboxylic acids is 1. The highest BCUT2D eigenvalue weighted by molar-refractivity contribution is 7.91. The van der Waals surface area contributed by atoms with Crippen molar-refractivity contribution in [1.29, 1.82) is 0 Å². The van der Waals surface area contributed by atoms with Crippen LogP contribution in [0.15, 0.2) is 35.2 Å². The van der Waals surface area contributed by atoms with Gasteiger partial charge in [0, 0.05) is 6.42 Å². The van der Waals surface area contributed by atoms with Crippen LogP contribution in [0.25, 0.3) is 0 Å². The zero-order chi connectivity index (χ0) is 11.3. The Morgan fingerprint density at radius 2 is 1.80 bits per heavy atom. The maximum atomic E-state index is 11.7. The molecule has 0 spiro atoms. The zero-order valence-electron chi connectivity index (χ0n) is 8.22. The van der Waals surface area contributed by atoms with Gasteiger partial charge in [-0.2, -0.15) is 0 Å². The van der Waals surface area contributed by atoms with E-state index in [9.17, 15) is 13.2 Å². The molecule has 0 bridgehead atoms. The molecule has 1 aromatic rings. The van der Waals surface area contributed by atoms with E-state index < -0.39 is 15.7 Å². The van der Waals surface area contributed by atoms with Crippen LogP contribution >= 0.6 is 0 Å². The second-order valence-electron chi connectivity index (χ2n) is 3.20. The highest BCUT2D eigenvalue weighted by Gasteiger charge is 2.13. The lowest BCUT2D eigenvalue weighted by Gasteiger charge is -2.02. The summed E-state index contributed by atoms with van der Waals surface area (Å²) >= 11 is 0. The molecule has 0 aliphatic carbocycles. The number of carbonyl (C=O) groups is 1. The second-order valence-corrected chi connectivity index (χ2v) is 5.31. The van der Waals surface area contributed by atoms with E-state index in [0.717, 1.165) is 0 Å². The average molecular weight is 227 g/mol. The van der Waals surface area contributed by atoms with Gasteiger partial charge in [-0.05, 0) is 18.6 Å². The van der Waals surface area contributed by atoms with Crippen molar-refractivity contribution in [2.24, 2.45) is 5.73 Å². The van der Waals surface area contributed by atoms with Crippen molar-refractivity contribution >= 4 is 15.7 Å². The summed E-state index contributed by atoms with van der Waals surface area (Å²) in [5, 5.41) is 0. The maximum Gasteiger partial charge on any atom is 0.217 e. The summed E-state index contributed by atoms with van der Waals surface area (Å²) in [6.45, 7) is 0. The maximum absolute atomic E-state index is 11.7. The highest BCUT2D eigenvalue weighted by Crippen LogP contribution is 2.11. The molecule has 0 saturated carbocycles. The van der Waals surface area contributed by atoms with Crippen LogP contribution in [-0.2, 0) is 14.6 Å².